The van der Waals surface area contributed by atoms with E-state index in [2.05, 4.69) is 66.4 Å². The summed E-state index contributed by atoms with van der Waals surface area (Å²) < 4.78 is 0. The van der Waals surface area contributed by atoms with E-state index in [1.54, 1.807) is 0 Å². The lowest BCUT2D eigenvalue weighted by Gasteiger charge is -2.02. The SMILES string of the molecule is C(#Cc1ccccc1)C(=Cc1ccccc1)Pc1ccccc1. The molecule has 0 amide bonds. The summed E-state index contributed by atoms with van der Waals surface area (Å²) in [5, 5.41) is 2.45. The lowest BCUT2D eigenvalue weighted by Crippen LogP contribution is -1.91. The Bertz CT molecular complexity index is 823. The summed E-state index contributed by atoms with van der Waals surface area (Å²) in [5.41, 5.74) is 2.23. The van der Waals surface area contributed by atoms with E-state index in [1.807, 2.05) is 42.5 Å². The molecular formula is C22H17P. The summed E-state index contributed by atoms with van der Waals surface area (Å²) in [7, 11) is 0.560. The van der Waals surface area contributed by atoms with Crippen molar-refractivity contribution >= 4 is 20.0 Å². The van der Waals surface area contributed by atoms with E-state index in [-0.39, 0.29) is 0 Å². The summed E-state index contributed by atoms with van der Waals surface area (Å²) in [6.07, 6.45) is 2.18. The van der Waals surface area contributed by atoms with Crippen LogP contribution >= 0.6 is 8.58 Å². The van der Waals surface area contributed by atoms with Crippen LogP contribution in [0, 0.1) is 11.8 Å². The monoisotopic (exact) mass is 312 g/mol. The molecule has 3 aromatic carbocycles. The fraction of sp³-hybridized carbons (Fsp3) is 0. The fourth-order valence-electron chi connectivity index (χ4n) is 2.16. The van der Waals surface area contributed by atoms with Crippen LogP contribution in [0.15, 0.2) is 96.3 Å². The van der Waals surface area contributed by atoms with Crippen LogP contribution in [0.1, 0.15) is 11.1 Å². The smallest absolute Gasteiger partial charge is 0.0278 e. The summed E-state index contributed by atoms with van der Waals surface area (Å²) in [5.74, 6) is 6.63. The van der Waals surface area contributed by atoms with Gasteiger partial charge in [-0.15, -0.1) is 0 Å². The number of rotatable bonds is 3. The van der Waals surface area contributed by atoms with Gasteiger partial charge >= 0.3 is 0 Å². The second kappa shape index (κ2) is 8.14. The molecule has 110 valence electrons. The van der Waals surface area contributed by atoms with E-state index in [9.17, 15) is 0 Å². The molecule has 0 aliphatic carbocycles. The Kier molecular flexibility index (Phi) is 5.41. The topological polar surface area (TPSA) is 0 Å². The van der Waals surface area contributed by atoms with Crippen LogP contribution in [0.25, 0.3) is 6.08 Å². The van der Waals surface area contributed by atoms with Crippen LogP contribution in [-0.2, 0) is 0 Å². The molecule has 23 heavy (non-hydrogen) atoms. The first-order valence-corrected chi connectivity index (χ1v) is 8.56. The van der Waals surface area contributed by atoms with E-state index in [1.165, 1.54) is 10.9 Å². The second-order valence-corrected chi connectivity index (χ2v) is 6.44. The zero-order valence-electron chi connectivity index (χ0n) is 12.7. The van der Waals surface area contributed by atoms with Gasteiger partial charge in [-0.2, -0.15) is 0 Å². The highest BCUT2D eigenvalue weighted by molar-refractivity contribution is 7.52. The molecule has 0 aliphatic rings. The average molecular weight is 312 g/mol. The van der Waals surface area contributed by atoms with Crippen molar-refractivity contribution in [2.75, 3.05) is 0 Å². The maximum Gasteiger partial charge on any atom is 0.0278 e. The van der Waals surface area contributed by atoms with Gasteiger partial charge in [0.2, 0.25) is 0 Å². The highest BCUT2D eigenvalue weighted by Crippen LogP contribution is 2.24. The molecule has 0 saturated carbocycles. The average Bonchev–Trinajstić information content (AvgIpc) is 2.62. The van der Waals surface area contributed by atoms with Crippen LogP contribution in [0.5, 0.6) is 0 Å². The largest absolute Gasteiger partial charge is 0.0622 e. The molecule has 0 heterocycles. The Morgan fingerprint density at radius 3 is 1.91 bits per heavy atom. The van der Waals surface area contributed by atoms with Crippen LogP contribution in [-0.4, -0.2) is 0 Å². The summed E-state index contributed by atoms with van der Waals surface area (Å²) in [6.45, 7) is 0. The molecule has 0 bridgehead atoms. The predicted molar refractivity (Wildman–Crippen MR) is 102 cm³/mol. The molecule has 3 rings (SSSR count). The van der Waals surface area contributed by atoms with Gasteiger partial charge in [0.15, 0.2) is 0 Å². The molecule has 0 N–H and O–H groups in total. The van der Waals surface area contributed by atoms with E-state index >= 15 is 0 Å². The van der Waals surface area contributed by atoms with Gasteiger partial charge in [-0.1, -0.05) is 90.7 Å². The van der Waals surface area contributed by atoms with Gasteiger partial charge in [0.05, 0.1) is 0 Å². The molecule has 0 saturated heterocycles. The highest BCUT2D eigenvalue weighted by Gasteiger charge is 1.97. The minimum Gasteiger partial charge on any atom is -0.0622 e. The molecule has 0 nitrogen and oxygen atoms in total. The molecule has 0 aliphatic heterocycles. The van der Waals surface area contributed by atoms with E-state index in [4.69, 9.17) is 0 Å². The highest BCUT2D eigenvalue weighted by atomic mass is 31.1. The summed E-state index contributed by atoms with van der Waals surface area (Å²) in [6, 6.07) is 31.0. The van der Waals surface area contributed by atoms with Gasteiger partial charge in [0.25, 0.3) is 0 Å². The van der Waals surface area contributed by atoms with E-state index < -0.39 is 0 Å². The van der Waals surface area contributed by atoms with Crippen molar-refractivity contribution in [3.63, 3.8) is 0 Å². The molecule has 0 fully saturated rings. The van der Waals surface area contributed by atoms with Crippen LogP contribution in [0.2, 0.25) is 0 Å². The molecule has 1 heteroatoms. The van der Waals surface area contributed by atoms with Crippen molar-refractivity contribution in [3.8, 4) is 11.8 Å². The van der Waals surface area contributed by atoms with E-state index in [0.29, 0.717) is 8.58 Å². The lowest BCUT2D eigenvalue weighted by molar-refractivity contribution is 1.65. The molecule has 3 aromatic rings. The van der Waals surface area contributed by atoms with Crippen LogP contribution < -0.4 is 5.30 Å². The normalized spacial score (nSPS) is 11.2. The Labute approximate surface area is 139 Å². The Balaban J connectivity index is 1.91. The predicted octanol–water partition coefficient (Wildman–Crippen LogP) is 5.08. The Morgan fingerprint density at radius 2 is 1.26 bits per heavy atom. The first-order chi connectivity index (χ1) is 11.4. The molecule has 1 unspecified atom stereocenters. The van der Waals surface area contributed by atoms with Gasteiger partial charge in [-0.05, 0) is 37.7 Å². The summed E-state index contributed by atoms with van der Waals surface area (Å²) >= 11 is 0. The number of benzene rings is 3. The first kappa shape index (κ1) is 15.3. The number of hydrogen-bond donors (Lipinski definition) is 0. The Hall–Kier alpha value is -2.61. The minimum absolute atomic E-state index is 0.560. The maximum absolute atomic E-state index is 3.36. The third kappa shape index (κ3) is 4.96. The molecule has 0 radical (unpaired) electrons. The zero-order valence-corrected chi connectivity index (χ0v) is 13.7. The van der Waals surface area contributed by atoms with Crippen molar-refractivity contribution < 1.29 is 0 Å². The van der Waals surface area contributed by atoms with Crippen molar-refractivity contribution in [3.05, 3.63) is 107 Å². The lowest BCUT2D eigenvalue weighted by atomic mass is 10.2. The van der Waals surface area contributed by atoms with Crippen molar-refractivity contribution in [2.24, 2.45) is 0 Å². The molecule has 0 spiro atoms. The Morgan fingerprint density at radius 1 is 0.696 bits per heavy atom. The van der Waals surface area contributed by atoms with Crippen molar-refractivity contribution in [1.29, 1.82) is 0 Å². The van der Waals surface area contributed by atoms with Gasteiger partial charge < -0.3 is 0 Å². The third-order valence-electron chi connectivity index (χ3n) is 3.28. The first-order valence-electron chi connectivity index (χ1n) is 7.56. The second-order valence-electron chi connectivity index (χ2n) is 5.08. The van der Waals surface area contributed by atoms with E-state index in [0.717, 1.165) is 10.9 Å². The maximum atomic E-state index is 3.36. The van der Waals surface area contributed by atoms with Gasteiger partial charge in [-0.25, -0.2) is 0 Å². The van der Waals surface area contributed by atoms with Crippen molar-refractivity contribution in [2.45, 2.75) is 0 Å². The van der Waals surface area contributed by atoms with Crippen LogP contribution in [0.3, 0.4) is 0 Å². The quantitative estimate of drug-likeness (QED) is 0.467. The van der Waals surface area contributed by atoms with Crippen LogP contribution in [0.4, 0.5) is 0 Å². The summed E-state index contributed by atoms with van der Waals surface area (Å²) in [4.78, 5) is 0. The fourth-order valence-corrected chi connectivity index (χ4v) is 3.19. The van der Waals surface area contributed by atoms with Gasteiger partial charge in [0, 0.05) is 10.9 Å². The minimum atomic E-state index is 0.560. The number of allylic oxidation sites excluding steroid dienone is 1. The zero-order chi connectivity index (χ0) is 15.7. The van der Waals surface area contributed by atoms with Gasteiger partial charge in [-0.3, -0.25) is 0 Å². The third-order valence-corrected chi connectivity index (χ3v) is 4.44. The van der Waals surface area contributed by atoms with Gasteiger partial charge in [0.1, 0.15) is 0 Å². The molecular weight excluding hydrogens is 295 g/mol. The molecule has 1 atom stereocenters. The number of hydrogen-bond acceptors (Lipinski definition) is 0. The van der Waals surface area contributed by atoms with Crippen molar-refractivity contribution in [1.82, 2.24) is 0 Å². The standard InChI is InChI=1S/C22H17P/c1-4-10-19(11-5-1)16-17-22(18-20-12-6-2-7-13-20)23-21-14-8-3-9-15-21/h1-15,18,23H. The molecule has 0 aromatic heterocycles.